The fraction of sp³-hybridized carbons (Fsp3) is 0.364. The molecule has 0 spiro atoms. The van der Waals surface area contributed by atoms with Crippen molar-refractivity contribution in [1.29, 1.82) is 5.26 Å². The van der Waals surface area contributed by atoms with E-state index < -0.39 is 0 Å². The molecule has 74 valence electrons. The lowest BCUT2D eigenvalue weighted by atomic mass is 10.1. The highest BCUT2D eigenvalue weighted by Crippen LogP contribution is 2.17. The molecule has 1 N–H and O–H groups in total. The molecule has 0 heterocycles. The Morgan fingerprint density at radius 3 is 2.86 bits per heavy atom. The van der Waals surface area contributed by atoms with E-state index in [0.29, 0.717) is 11.3 Å². The smallest absolute Gasteiger partial charge is 0.124 e. The normalized spacial score (nSPS) is 11.9. The molecule has 0 aliphatic rings. The number of nitrogens with zero attached hydrogens (tertiary/aromatic N) is 1. The average molecular weight is 192 g/mol. The van der Waals surface area contributed by atoms with Gasteiger partial charge in [0.25, 0.3) is 0 Å². The maximum atomic E-state index is 12.8. The van der Waals surface area contributed by atoms with Gasteiger partial charge in [0, 0.05) is 6.04 Å². The summed E-state index contributed by atoms with van der Waals surface area (Å²) in [4.78, 5) is 0. The molecule has 0 amide bonds. The minimum atomic E-state index is -0.378. The van der Waals surface area contributed by atoms with Crippen LogP contribution in [0.15, 0.2) is 18.2 Å². The number of rotatable bonds is 3. The van der Waals surface area contributed by atoms with Gasteiger partial charge >= 0.3 is 0 Å². The van der Waals surface area contributed by atoms with E-state index in [-0.39, 0.29) is 11.9 Å². The van der Waals surface area contributed by atoms with E-state index in [0.717, 1.165) is 6.42 Å². The van der Waals surface area contributed by atoms with Gasteiger partial charge in [-0.3, -0.25) is 0 Å². The molecule has 1 aromatic carbocycles. The van der Waals surface area contributed by atoms with Crippen LogP contribution >= 0.6 is 0 Å². The van der Waals surface area contributed by atoms with Crippen molar-refractivity contribution in [1.82, 2.24) is 0 Å². The third-order valence-electron chi connectivity index (χ3n) is 2.12. The first kappa shape index (κ1) is 10.5. The number of benzene rings is 1. The number of nitrogens with one attached hydrogen (secondary N) is 1. The second-order valence-corrected chi connectivity index (χ2v) is 3.26. The predicted molar refractivity (Wildman–Crippen MR) is 54.5 cm³/mol. The van der Waals surface area contributed by atoms with E-state index >= 15 is 0 Å². The van der Waals surface area contributed by atoms with Crippen molar-refractivity contribution in [2.24, 2.45) is 0 Å². The van der Waals surface area contributed by atoms with Crippen molar-refractivity contribution >= 4 is 5.69 Å². The van der Waals surface area contributed by atoms with Gasteiger partial charge in [-0.25, -0.2) is 4.39 Å². The Hall–Kier alpha value is -1.56. The Labute approximate surface area is 83.4 Å². The molecule has 0 radical (unpaired) electrons. The molecule has 0 aliphatic carbocycles. The molecular formula is C11H13FN2. The maximum absolute atomic E-state index is 12.8. The summed E-state index contributed by atoms with van der Waals surface area (Å²) < 4.78 is 12.8. The standard InChI is InChI=1S/C11H13FN2/c1-3-8(2)14-11-5-4-10(12)6-9(11)7-13/h4-6,8,14H,3H2,1-2H3/t8-/m0/s1. The summed E-state index contributed by atoms with van der Waals surface area (Å²) in [7, 11) is 0. The lowest BCUT2D eigenvalue weighted by molar-refractivity contribution is 0.627. The van der Waals surface area contributed by atoms with Crippen molar-refractivity contribution in [3.63, 3.8) is 0 Å². The first-order chi connectivity index (χ1) is 6.67. The lowest BCUT2D eigenvalue weighted by Gasteiger charge is -2.13. The number of hydrogen-bond donors (Lipinski definition) is 1. The first-order valence-corrected chi connectivity index (χ1v) is 4.63. The SMILES string of the molecule is CC[C@H](C)Nc1ccc(F)cc1C#N. The Kier molecular flexibility index (Phi) is 3.47. The van der Waals surface area contributed by atoms with Gasteiger partial charge in [0.1, 0.15) is 11.9 Å². The molecule has 0 unspecified atom stereocenters. The van der Waals surface area contributed by atoms with E-state index in [1.165, 1.54) is 12.1 Å². The summed E-state index contributed by atoms with van der Waals surface area (Å²) in [5, 5.41) is 11.9. The number of nitriles is 1. The predicted octanol–water partition coefficient (Wildman–Crippen LogP) is 2.91. The molecule has 0 aliphatic heterocycles. The third-order valence-corrected chi connectivity index (χ3v) is 2.12. The van der Waals surface area contributed by atoms with Gasteiger partial charge in [-0.2, -0.15) is 5.26 Å². The van der Waals surface area contributed by atoms with E-state index in [9.17, 15) is 4.39 Å². The zero-order valence-electron chi connectivity index (χ0n) is 8.34. The summed E-state index contributed by atoms with van der Waals surface area (Å²) in [6.07, 6.45) is 0.961. The van der Waals surface area contributed by atoms with Crippen LogP contribution in [0.5, 0.6) is 0 Å². The highest BCUT2D eigenvalue weighted by molar-refractivity contribution is 5.57. The van der Waals surface area contributed by atoms with Crippen LogP contribution in [0.25, 0.3) is 0 Å². The Morgan fingerprint density at radius 1 is 1.57 bits per heavy atom. The van der Waals surface area contributed by atoms with Crippen molar-refractivity contribution < 1.29 is 4.39 Å². The average Bonchev–Trinajstić information content (AvgIpc) is 2.20. The van der Waals surface area contributed by atoms with Crippen LogP contribution in [0.4, 0.5) is 10.1 Å². The van der Waals surface area contributed by atoms with Gasteiger partial charge in [-0.1, -0.05) is 6.92 Å². The first-order valence-electron chi connectivity index (χ1n) is 4.63. The summed E-state index contributed by atoms with van der Waals surface area (Å²) in [6.45, 7) is 4.07. The quantitative estimate of drug-likeness (QED) is 0.799. The van der Waals surface area contributed by atoms with Crippen molar-refractivity contribution in [2.75, 3.05) is 5.32 Å². The number of anilines is 1. The number of halogens is 1. The van der Waals surface area contributed by atoms with Gasteiger partial charge < -0.3 is 5.32 Å². The monoisotopic (exact) mass is 192 g/mol. The lowest BCUT2D eigenvalue weighted by Crippen LogP contribution is -2.14. The van der Waals surface area contributed by atoms with Crippen LogP contribution in [-0.4, -0.2) is 6.04 Å². The van der Waals surface area contributed by atoms with Crippen LogP contribution in [0.1, 0.15) is 25.8 Å². The molecule has 0 aromatic heterocycles. The largest absolute Gasteiger partial charge is 0.382 e. The third kappa shape index (κ3) is 2.46. The molecule has 3 heteroatoms. The fourth-order valence-corrected chi connectivity index (χ4v) is 1.10. The molecule has 0 bridgehead atoms. The second kappa shape index (κ2) is 4.61. The van der Waals surface area contributed by atoms with E-state index in [2.05, 4.69) is 5.32 Å². The van der Waals surface area contributed by atoms with Crippen LogP contribution < -0.4 is 5.32 Å². The molecule has 1 rings (SSSR count). The van der Waals surface area contributed by atoms with Crippen molar-refractivity contribution in [3.05, 3.63) is 29.6 Å². The molecule has 2 nitrogen and oxygen atoms in total. The summed E-state index contributed by atoms with van der Waals surface area (Å²) in [5.74, 6) is -0.378. The van der Waals surface area contributed by atoms with Crippen LogP contribution in [0, 0.1) is 17.1 Å². The molecule has 0 fully saturated rings. The van der Waals surface area contributed by atoms with Gasteiger partial charge in [-0.05, 0) is 31.5 Å². The summed E-state index contributed by atoms with van der Waals surface area (Å²) >= 11 is 0. The molecule has 1 atom stereocenters. The van der Waals surface area contributed by atoms with Gasteiger partial charge in [-0.15, -0.1) is 0 Å². The molecular weight excluding hydrogens is 179 g/mol. The van der Waals surface area contributed by atoms with Crippen LogP contribution in [-0.2, 0) is 0 Å². The summed E-state index contributed by atoms with van der Waals surface area (Å²) in [6, 6.07) is 6.44. The zero-order valence-corrected chi connectivity index (χ0v) is 8.34. The minimum Gasteiger partial charge on any atom is -0.382 e. The van der Waals surface area contributed by atoms with Gasteiger partial charge in [0.2, 0.25) is 0 Å². The molecule has 14 heavy (non-hydrogen) atoms. The summed E-state index contributed by atoms with van der Waals surface area (Å²) in [5.41, 5.74) is 1.05. The highest BCUT2D eigenvalue weighted by atomic mass is 19.1. The van der Waals surface area contributed by atoms with E-state index in [1.807, 2.05) is 19.9 Å². The van der Waals surface area contributed by atoms with Crippen LogP contribution in [0.3, 0.4) is 0 Å². The van der Waals surface area contributed by atoms with Crippen molar-refractivity contribution in [3.8, 4) is 6.07 Å². The Morgan fingerprint density at radius 2 is 2.29 bits per heavy atom. The molecule has 1 aromatic rings. The second-order valence-electron chi connectivity index (χ2n) is 3.26. The Bertz CT molecular complexity index is 355. The van der Waals surface area contributed by atoms with Crippen LogP contribution in [0.2, 0.25) is 0 Å². The topological polar surface area (TPSA) is 35.8 Å². The molecule has 0 saturated carbocycles. The minimum absolute atomic E-state index is 0.285. The fourth-order valence-electron chi connectivity index (χ4n) is 1.10. The van der Waals surface area contributed by atoms with Crippen molar-refractivity contribution in [2.45, 2.75) is 26.3 Å². The zero-order chi connectivity index (χ0) is 10.6. The Balaban J connectivity index is 2.92. The number of hydrogen-bond acceptors (Lipinski definition) is 2. The van der Waals surface area contributed by atoms with E-state index in [4.69, 9.17) is 5.26 Å². The molecule has 0 saturated heterocycles. The maximum Gasteiger partial charge on any atom is 0.124 e. The van der Waals surface area contributed by atoms with Gasteiger partial charge in [0.05, 0.1) is 11.3 Å². The van der Waals surface area contributed by atoms with E-state index in [1.54, 1.807) is 6.07 Å². The highest BCUT2D eigenvalue weighted by Gasteiger charge is 2.05. The van der Waals surface area contributed by atoms with Gasteiger partial charge in [0.15, 0.2) is 0 Å².